The molecule has 0 radical (unpaired) electrons. The summed E-state index contributed by atoms with van der Waals surface area (Å²) in [4.78, 5) is 25.5. The number of allylic oxidation sites excluding steroid dienone is 4. The van der Waals surface area contributed by atoms with Gasteiger partial charge in [-0.15, -0.1) is 0 Å². The fourth-order valence-electron chi connectivity index (χ4n) is 9.09. The van der Waals surface area contributed by atoms with Gasteiger partial charge in [-0.2, -0.15) is 0 Å². The predicted molar refractivity (Wildman–Crippen MR) is 131 cm³/mol. The number of ketones is 1. The highest BCUT2D eigenvalue weighted by Gasteiger charge is 2.70. The molecule has 0 amide bonds. The molecule has 0 heterocycles. The van der Waals surface area contributed by atoms with Crippen molar-refractivity contribution in [2.24, 2.45) is 45.3 Å². The minimum absolute atomic E-state index is 0.00218. The summed E-state index contributed by atoms with van der Waals surface area (Å²) in [7, 11) is 0. The standard InChI is InChI=1S/C29H44O4/c1-17(2)9-8-10-18(25(32)33)19-13-15-28(6)20-11-12-22-26(3,4)23(30)24(31)29(22,7)21(20)14-16-27(19,28)5/h9,11,18-19,21-22,24,31H,8,10,12-16H2,1-7H3,(H,32,33)/t18-,19-,21-,22-,24+,27-,28+,29+/m0/s1. The van der Waals surface area contributed by atoms with Gasteiger partial charge in [-0.05, 0) is 87.4 Å². The lowest BCUT2D eigenvalue weighted by atomic mass is 9.44. The molecule has 4 aliphatic rings. The van der Waals surface area contributed by atoms with Crippen molar-refractivity contribution in [1.82, 2.24) is 0 Å². The number of rotatable bonds is 5. The monoisotopic (exact) mass is 456 g/mol. The van der Waals surface area contributed by atoms with E-state index in [9.17, 15) is 19.8 Å². The van der Waals surface area contributed by atoms with Crippen LogP contribution in [0.1, 0.15) is 93.4 Å². The van der Waals surface area contributed by atoms with Crippen LogP contribution in [-0.4, -0.2) is 28.1 Å². The van der Waals surface area contributed by atoms with E-state index in [4.69, 9.17) is 0 Å². The van der Waals surface area contributed by atoms with Crippen molar-refractivity contribution in [2.45, 2.75) is 99.5 Å². The van der Waals surface area contributed by atoms with Gasteiger partial charge in [0.25, 0.3) is 0 Å². The van der Waals surface area contributed by atoms with Crippen molar-refractivity contribution in [3.8, 4) is 0 Å². The fourth-order valence-corrected chi connectivity index (χ4v) is 9.09. The van der Waals surface area contributed by atoms with Crippen LogP contribution in [0.15, 0.2) is 23.3 Å². The van der Waals surface area contributed by atoms with Crippen molar-refractivity contribution in [1.29, 1.82) is 0 Å². The Kier molecular flexibility index (Phi) is 5.84. The van der Waals surface area contributed by atoms with Gasteiger partial charge < -0.3 is 10.2 Å². The molecule has 3 saturated carbocycles. The molecule has 2 N–H and O–H groups in total. The van der Waals surface area contributed by atoms with Gasteiger partial charge in [-0.1, -0.05) is 57.9 Å². The van der Waals surface area contributed by atoms with Gasteiger partial charge in [-0.25, -0.2) is 0 Å². The molecule has 4 aliphatic carbocycles. The van der Waals surface area contributed by atoms with Crippen LogP contribution >= 0.6 is 0 Å². The van der Waals surface area contributed by atoms with E-state index in [1.807, 2.05) is 13.8 Å². The van der Waals surface area contributed by atoms with Crippen molar-refractivity contribution in [2.75, 3.05) is 0 Å². The van der Waals surface area contributed by atoms with Crippen LogP contribution in [0.3, 0.4) is 0 Å². The van der Waals surface area contributed by atoms with E-state index in [1.165, 1.54) is 11.1 Å². The third kappa shape index (κ3) is 3.18. The summed E-state index contributed by atoms with van der Waals surface area (Å²) >= 11 is 0. The molecule has 0 saturated heterocycles. The minimum atomic E-state index is -0.910. The normalized spacial score (nSPS) is 44.4. The molecule has 0 aromatic heterocycles. The summed E-state index contributed by atoms with van der Waals surface area (Å²) in [6.07, 6.45) is 9.83. The Labute approximate surface area is 199 Å². The summed E-state index contributed by atoms with van der Waals surface area (Å²) < 4.78 is 0. The van der Waals surface area contributed by atoms with E-state index in [0.29, 0.717) is 6.42 Å². The van der Waals surface area contributed by atoms with Gasteiger partial charge in [0.05, 0.1) is 5.92 Å². The summed E-state index contributed by atoms with van der Waals surface area (Å²) in [5.74, 6) is -0.473. The Morgan fingerprint density at radius 3 is 2.42 bits per heavy atom. The maximum absolute atomic E-state index is 13.1. The smallest absolute Gasteiger partial charge is 0.306 e. The molecule has 4 heteroatoms. The molecule has 33 heavy (non-hydrogen) atoms. The van der Waals surface area contributed by atoms with E-state index in [1.54, 1.807) is 0 Å². The number of fused-ring (bicyclic) bond motifs is 5. The van der Waals surface area contributed by atoms with Gasteiger partial charge in [0.2, 0.25) is 0 Å². The lowest BCUT2D eigenvalue weighted by molar-refractivity contribution is -0.147. The van der Waals surface area contributed by atoms with Crippen LogP contribution in [0.5, 0.6) is 0 Å². The van der Waals surface area contributed by atoms with Crippen LogP contribution in [0.4, 0.5) is 0 Å². The van der Waals surface area contributed by atoms with E-state index in [0.717, 1.165) is 38.5 Å². The number of hydrogen-bond acceptors (Lipinski definition) is 3. The lowest BCUT2D eigenvalue weighted by Crippen LogP contribution is -2.54. The highest BCUT2D eigenvalue weighted by molar-refractivity contribution is 5.92. The van der Waals surface area contributed by atoms with Gasteiger partial charge in [0.1, 0.15) is 6.10 Å². The van der Waals surface area contributed by atoms with Crippen LogP contribution in [0, 0.1) is 45.3 Å². The second kappa shape index (κ2) is 7.80. The number of Topliss-reactive ketones (excluding diaryl/α,β-unsaturated/α-hetero) is 1. The number of aliphatic hydroxyl groups is 1. The lowest BCUT2D eigenvalue weighted by Gasteiger charge is -2.59. The van der Waals surface area contributed by atoms with Gasteiger partial charge in [0, 0.05) is 10.8 Å². The molecule has 0 aliphatic heterocycles. The molecule has 3 fully saturated rings. The molecule has 4 nitrogen and oxygen atoms in total. The number of carboxylic acids is 1. The second-order valence-corrected chi connectivity index (χ2v) is 13.1. The summed E-state index contributed by atoms with van der Waals surface area (Å²) in [5.41, 5.74) is 1.57. The molecule has 0 aromatic carbocycles. The Bertz CT molecular complexity index is 909. The van der Waals surface area contributed by atoms with Crippen molar-refractivity contribution in [3.05, 3.63) is 23.3 Å². The molecule has 0 aromatic rings. The first-order chi connectivity index (χ1) is 15.2. The van der Waals surface area contributed by atoms with Crippen LogP contribution in [0.2, 0.25) is 0 Å². The van der Waals surface area contributed by atoms with Crippen LogP contribution in [-0.2, 0) is 9.59 Å². The second-order valence-electron chi connectivity index (χ2n) is 13.1. The van der Waals surface area contributed by atoms with Crippen LogP contribution in [0.25, 0.3) is 0 Å². The number of aliphatic carboxylic acids is 1. The molecule has 4 rings (SSSR count). The largest absolute Gasteiger partial charge is 0.481 e. The number of hydrogen-bond donors (Lipinski definition) is 2. The third-order valence-corrected chi connectivity index (χ3v) is 11.3. The quantitative estimate of drug-likeness (QED) is 0.484. The molecular weight excluding hydrogens is 412 g/mol. The molecule has 0 unspecified atom stereocenters. The summed E-state index contributed by atoms with van der Waals surface area (Å²) in [6, 6.07) is 0. The SMILES string of the molecule is CC(C)=CCC[C@H](C(=O)O)[C@@H]1CC[C@]2(C)C3=CC[C@H]4C(C)(C)C(=O)[C@@H](O)[C@]4(C)[C@H]3CC[C@@]12C. The Hall–Kier alpha value is -1.42. The fraction of sp³-hybridized carbons (Fsp3) is 0.793. The first-order valence-electron chi connectivity index (χ1n) is 13.0. The van der Waals surface area contributed by atoms with E-state index in [2.05, 4.69) is 46.8 Å². The molecule has 0 spiro atoms. The zero-order valence-corrected chi connectivity index (χ0v) is 21.7. The predicted octanol–water partition coefficient (Wildman–Crippen LogP) is 6.19. The topological polar surface area (TPSA) is 74.6 Å². The van der Waals surface area contributed by atoms with Crippen molar-refractivity contribution < 1.29 is 19.8 Å². The highest BCUT2D eigenvalue weighted by atomic mass is 16.4. The number of carbonyl (C=O) groups excluding carboxylic acids is 1. The minimum Gasteiger partial charge on any atom is -0.481 e. The Morgan fingerprint density at radius 1 is 1.15 bits per heavy atom. The van der Waals surface area contributed by atoms with E-state index < -0.39 is 22.9 Å². The summed E-state index contributed by atoms with van der Waals surface area (Å²) in [6.45, 7) is 15.0. The first kappa shape index (κ1) is 24.7. The third-order valence-electron chi connectivity index (χ3n) is 11.3. The average Bonchev–Trinajstić information content (AvgIpc) is 3.07. The van der Waals surface area contributed by atoms with Crippen LogP contribution < -0.4 is 0 Å². The van der Waals surface area contributed by atoms with Gasteiger partial charge in [0.15, 0.2) is 5.78 Å². The zero-order valence-electron chi connectivity index (χ0n) is 21.7. The first-order valence-corrected chi connectivity index (χ1v) is 13.0. The van der Waals surface area contributed by atoms with E-state index in [-0.39, 0.29) is 40.3 Å². The average molecular weight is 457 g/mol. The zero-order chi connectivity index (χ0) is 24.6. The van der Waals surface area contributed by atoms with Gasteiger partial charge >= 0.3 is 5.97 Å². The maximum atomic E-state index is 13.1. The van der Waals surface area contributed by atoms with Gasteiger partial charge in [-0.3, -0.25) is 9.59 Å². The molecule has 0 bridgehead atoms. The molecular formula is C29H44O4. The molecule has 184 valence electrons. The number of carboxylic acid groups (broad SMARTS) is 1. The van der Waals surface area contributed by atoms with Crippen molar-refractivity contribution >= 4 is 11.8 Å². The Morgan fingerprint density at radius 2 is 1.82 bits per heavy atom. The van der Waals surface area contributed by atoms with Crippen molar-refractivity contribution in [3.63, 3.8) is 0 Å². The molecule has 8 atom stereocenters. The number of carbonyl (C=O) groups is 2. The highest BCUT2D eigenvalue weighted by Crippen LogP contribution is 2.73. The van der Waals surface area contributed by atoms with E-state index >= 15 is 0 Å². The maximum Gasteiger partial charge on any atom is 0.306 e. The number of aliphatic hydroxyl groups excluding tert-OH is 1. The summed E-state index contributed by atoms with van der Waals surface area (Å²) in [5, 5.41) is 21.4. The Balaban J connectivity index is 1.69.